The molecule has 0 saturated heterocycles. The van der Waals surface area contributed by atoms with Crippen LogP contribution in [-0.2, 0) is 7.05 Å². The van der Waals surface area contributed by atoms with Gasteiger partial charge >= 0.3 is 5.76 Å². The first-order chi connectivity index (χ1) is 5.70. The summed E-state index contributed by atoms with van der Waals surface area (Å²) in [6, 6.07) is 1.54. The van der Waals surface area contributed by atoms with Crippen molar-refractivity contribution in [1.82, 2.24) is 9.55 Å². The number of nitrogens with one attached hydrogen (secondary N) is 1. The first-order valence-corrected chi connectivity index (χ1v) is 3.37. The zero-order chi connectivity index (χ0) is 8.72. The summed E-state index contributed by atoms with van der Waals surface area (Å²) in [5, 5.41) is 0. The van der Waals surface area contributed by atoms with Crippen molar-refractivity contribution < 1.29 is 4.42 Å². The number of rotatable bonds is 0. The minimum absolute atomic E-state index is 0.266. The van der Waals surface area contributed by atoms with Crippen LogP contribution in [0.25, 0.3) is 11.1 Å². The van der Waals surface area contributed by atoms with E-state index in [1.165, 1.54) is 23.9 Å². The first kappa shape index (κ1) is 6.90. The van der Waals surface area contributed by atoms with Gasteiger partial charge in [-0.05, 0) is 6.07 Å². The van der Waals surface area contributed by atoms with Gasteiger partial charge in [-0.15, -0.1) is 0 Å². The second-order valence-corrected chi connectivity index (χ2v) is 2.45. The summed E-state index contributed by atoms with van der Waals surface area (Å²) in [4.78, 5) is 24.5. The van der Waals surface area contributed by atoms with E-state index >= 15 is 0 Å². The Bertz CT molecular complexity index is 531. The van der Waals surface area contributed by atoms with Crippen LogP contribution >= 0.6 is 0 Å². The Kier molecular flexibility index (Phi) is 1.21. The fourth-order valence-corrected chi connectivity index (χ4v) is 1.11. The van der Waals surface area contributed by atoms with Crippen LogP contribution in [-0.4, -0.2) is 9.55 Å². The number of oxazole rings is 1. The Hall–Kier alpha value is -1.78. The molecular formula is C7H6N2O3. The van der Waals surface area contributed by atoms with E-state index in [-0.39, 0.29) is 11.1 Å². The third-order valence-electron chi connectivity index (χ3n) is 1.70. The summed E-state index contributed by atoms with van der Waals surface area (Å²) in [6.45, 7) is 0. The highest BCUT2D eigenvalue weighted by Crippen LogP contribution is 2.03. The fraction of sp³-hybridized carbons (Fsp3) is 0.143. The smallest absolute Gasteiger partial charge is 0.407 e. The van der Waals surface area contributed by atoms with Crippen molar-refractivity contribution in [2.45, 2.75) is 0 Å². The lowest BCUT2D eigenvalue weighted by atomic mass is 10.4. The number of pyridine rings is 1. The van der Waals surface area contributed by atoms with E-state index in [0.717, 1.165) is 0 Å². The maximum atomic E-state index is 11.1. The van der Waals surface area contributed by atoms with Crippen molar-refractivity contribution in [3.63, 3.8) is 0 Å². The summed E-state index contributed by atoms with van der Waals surface area (Å²) < 4.78 is 5.94. The molecule has 12 heavy (non-hydrogen) atoms. The number of aryl methyl sites for hydroxylation is 1. The molecule has 0 aromatic carbocycles. The number of nitrogens with zero attached hydrogens (tertiary/aromatic N) is 1. The van der Waals surface area contributed by atoms with Gasteiger partial charge in [-0.3, -0.25) is 9.36 Å². The monoisotopic (exact) mass is 166 g/mol. The van der Waals surface area contributed by atoms with Gasteiger partial charge in [0.25, 0.3) is 5.56 Å². The van der Waals surface area contributed by atoms with Gasteiger partial charge in [0.2, 0.25) is 0 Å². The van der Waals surface area contributed by atoms with Gasteiger partial charge in [0.1, 0.15) is 0 Å². The van der Waals surface area contributed by atoms with E-state index in [4.69, 9.17) is 4.42 Å². The molecule has 2 aromatic rings. The molecule has 0 atom stereocenters. The van der Waals surface area contributed by atoms with Crippen molar-refractivity contribution in [2.75, 3.05) is 0 Å². The van der Waals surface area contributed by atoms with E-state index in [2.05, 4.69) is 4.98 Å². The van der Waals surface area contributed by atoms with Gasteiger partial charge in [0, 0.05) is 13.2 Å². The largest absolute Gasteiger partial charge is 0.419 e. The average molecular weight is 166 g/mol. The zero-order valence-corrected chi connectivity index (χ0v) is 6.33. The molecule has 5 heteroatoms. The quantitative estimate of drug-likeness (QED) is 0.590. The van der Waals surface area contributed by atoms with E-state index in [1.54, 1.807) is 0 Å². The number of fused-ring (bicyclic) bond motifs is 1. The summed E-state index contributed by atoms with van der Waals surface area (Å²) in [5.41, 5.74) is 0.259. The Morgan fingerprint density at radius 3 is 2.92 bits per heavy atom. The molecule has 0 fully saturated rings. The standard InChI is InChI=1S/C7H6N2O3/c1-9-5-4(12-7(9)11)2-3-8-6(5)10/h2-3H,1H3,(H,8,10). The highest BCUT2D eigenvalue weighted by atomic mass is 16.4. The zero-order valence-electron chi connectivity index (χ0n) is 6.33. The summed E-state index contributed by atoms with van der Waals surface area (Å²) >= 11 is 0. The molecule has 0 unspecified atom stereocenters. The van der Waals surface area contributed by atoms with Crippen LogP contribution in [0.4, 0.5) is 0 Å². The molecule has 0 aliphatic rings. The molecule has 2 heterocycles. The SMILES string of the molecule is Cn1c(=O)oc2cc[nH]c(=O)c21. The lowest BCUT2D eigenvalue weighted by Gasteiger charge is -1.87. The van der Waals surface area contributed by atoms with Gasteiger partial charge < -0.3 is 9.40 Å². The molecule has 0 radical (unpaired) electrons. The van der Waals surface area contributed by atoms with Gasteiger partial charge in [-0.2, -0.15) is 0 Å². The predicted molar refractivity (Wildman–Crippen MR) is 42.1 cm³/mol. The molecule has 0 amide bonds. The molecule has 0 spiro atoms. The van der Waals surface area contributed by atoms with Crippen LogP contribution in [0.2, 0.25) is 0 Å². The Morgan fingerprint density at radius 2 is 2.25 bits per heavy atom. The maximum absolute atomic E-state index is 11.1. The van der Waals surface area contributed by atoms with Crippen molar-refractivity contribution >= 4 is 11.1 Å². The van der Waals surface area contributed by atoms with Crippen LogP contribution < -0.4 is 11.3 Å². The van der Waals surface area contributed by atoms with Crippen molar-refractivity contribution in [1.29, 1.82) is 0 Å². The van der Waals surface area contributed by atoms with Crippen molar-refractivity contribution in [3.8, 4) is 0 Å². The minimum Gasteiger partial charge on any atom is -0.407 e. The normalized spacial score (nSPS) is 10.8. The Labute approximate surface area is 66.2 Å². The number of aromatic amines is 1. The lowest BCUT2D eigenvalue weighted by molar-refractivity contribution is 0.528. The van der Waals surface area contributed by atoms with Crippen LogP contribution in [0, 0.1) is 0 Å². The number of hydrogen-bond donors (Lipinski definition) is 1. The molecule has 2 rings (SSSR count). The van der Waals surface area contributed by atoms with Gasteiger partial charge in [-0.1, -0.05) is 0 Å². The van der Waals surface area contributed by atoms with E-state index in [0.29, 0.717) is 5.58 Å². The molecule has 0 bridgehead atoms. The van der Waals surface area contributed by atoms with Gasteiger partial charge in [0.05, 0.1) is 0 Å². The molecular weight excluding hydrogens is 160 g/mol. The summed E-state index contributed by atoms with van der Waals surface area (Å²) in [7, 11) is 1.49. The average Bonchev–Trinajstić information content (AvgIpc) is 2.29. The number of aromatic nitrogens is 2. The van der Waals surface area contributed by atoms with Crippen LogP contribution in [0.1, 0.15) is 0 Å². The highest BCUT2D eigenvalue weighted by molar-refractivity contribution is 5.70. The Morgan fingerprint density at radius 1 is 1.50 bits per heavy atom. The molecule has 0 aliphatic heterocycles. The third kappa shape index (κ3) is 0.730. The summed E-state index contributed by atoms with van der Waals surface area (Å²) in [6.07, 6.45) is 1.44. The van der Waals surface area contributed by atoms with E-state index in [1.807, 2.05) is 0 Å². The fourth-order valence-electron chi connectivity index (χ4n) is 1.11. The minimum atomic E-state index is -0.526. The Balaban J connectivity index is 3.18. The number of hydrogen-bond acceptors (Lipinski definition) is 3. The third-order valence-corrected chi connectivity index (χ3v) is 1.70. The van der Waals surface area contributed by atoms with Crippen LogP contribution in [0.5, 0.6) is 0 Å². The first-order valence-electron chi connectivity index (χ1n) is 3.37. The molecule has 5 nitrogen and oxygen atoms in total. The second kappa shape index (κ2) is 2.10. The molecule has 62 valence electrons. The van der Waals surface area contributed by atoms with Crippen LogP contribution in [0.15, 0.2) is 26.3 Å². The van der Waals surface area contributed by atoms with E-state index in [9.17, 15) is 9.59 Å². The van der Waals surface area contributed by atoms with Gasteiger partial charge in [-0.25, -0.2) is 4.79 Å². The topological polar surface area (TPSA) is 68.0 Å². The summed E-state index contributed by atoms with van der Waals surface area (Å²) in [5.74, 6) is -0.526. The van der Waals surface area contributed by atoms with Crippen LogP contribution in [0.3, 0.4) is 0 Å². The van der Waals surface area contributed by atoms with Crippen molar-refractivity contribution in [3.05, 3.63) is 33.2 Å². The van der Waals surface area contributed by atoms with Crippen molar-refractivity contribution in [2.24, 2.45) is 7.05 Å². The molecule has 0 saturated carbocycles. The molecule has 2 aromatic heterocycles. The maximum Gasteiger partial charge on any atom is 0.419 e. The van der Waals surface area contributed by atoms with Gasteiger partial charge in [0.15, 0.2) is 11.1 Å². The predicted octanol–water partition coefficient (Wildman–Crippen LogP) is -0.180. The highest BCUT2D eigenvalue weighted by Gasteiger charge is 2.07. The molecule has 0 aliphatic carbocycles. The lowest BCUT2D eigenvalue weighted by Crippen LogP contribution is -2.14. The second-order valence-electron chi connectivity index (χ2n) is 2.45. The number of H-pyrrole nitrogens is 1. The molecule has 1 N–H and O–H groups in total. The van der Waals surface area contributed by atoms with E-state index < -0.39 is 5.76 Å².